The van der Waals surface area contributed by atoms with Crippen LogP contribution in [0.5, 0.6) is 0 Å². The van der Waals surface area contributed by atoms with Gasteiger partial charge in [-0.25, -0.2) is 4.39 Å². The Balaban J connectivity index is 1.64. The van der Waals surface area contributed by atoms with Gasteiger partial charge in [-0.2, -0.15) is 0 Å². The SMILES string of the molecule is O=C(NC1CCCC1)[C@@H](Cc1ccccc1)N(Cc1ccc(F)cc1)C(=O)Cc1ccccc1. The summed E-state index contributed by atoms with van der Waals surface area (Å²) in [5.74, 6) is -0.581. The largest absolute Gasteiger partial charge is 0.352 e. The highest BCUT2D eigenvalue weighted by Gasteiger charge is 2.32. The second-order valence-corrected chi connectivity index (χ2v) is 9.01. The molecule has 1 saturated carbocycles. The number of nitrogens with zero attached hydrogens (tertiary/aromatic N) is 1. The third kappa shape index (κ3) is 6.53. The van der Waals surface area contributed by atoms with Gasteiger partial charge in [0.15, 0.2) is 0 Å². The lowest BCUT2D eigenvalue weighted by molar-refractivity contribution is -0.141. The Kier molecular flexibility index (Phi) is 8.08. The minimum atomic E-state index is -0.663. The third-order valence-corrected chi connectivity index (χ3v) is 6.44. The zero-order valence-corrected chi connectivity index (χ0v) is 19.3. The molecule has 176 valence electrons. The molecular weight excluding hydrogens is 427 g/mol. The molecule has 1 aliphatic rings. The minimum absolute atomic E-state index is 0.126. The predicted octanol–water partition coefficient (Wildman–Crippen LogP) is 5.07. The number of carbonyl (C=O) groups is 2. The van der Waals surface area contributed by atoms with Crippen LogP contribution in [0.1, 0.15) is 42.4 Å². The van der Waals surface area contributed by atoms with E-state index in [0.717, 1.165) is 42.4 Å². The second kappa shape index (κ2) is 11.6. The number of rotatable bonds is 9. The van der Waals surface area contributed by atoms with Crippen molar-refractivity contribution in [1.82, 2.24) is 10.2 Å². The molecule has 4 rings (SSSR count). The van der Waals surface area contributed by atoms with Crippen molar-refractivity contribution in [3.05, 3.63) is 107 Å². The number of benzene rings is 3. The van der Waals surface area contributed by atoms with Gasteiger partial charge in [-0.05, 0) is 41.7 Å². The van der Waals surface area contributed by atoms with Crippen LogP contribution in [0.2, 0.25) is 0 Å². The van der Waals surface area contributed by atoms with Gasteiger partial charge in [0, 0.05) is 19.0 Å². The smallest absolute Gasteiger partial charge is 0.243 e. The number of hydrogen-bond acceptors (Lipinski definition) is 2. The van der Waals surface area contributed by atoms with Gasteiger partial charge in [-0.15, -0.1) is 0 Å². The van der Waals surface area contributed by atoms with Gasteiger partial charge in [-0.1, -0.05) is 85.6 Å². The summed E-state index contributed by atoms with van der Waals surface area (Å²) in [6.07, 6.45) is 4.78. The molecule has 0 aromatic heterocycles. The molecule has 0 radical (unpaired) electrons. The van der Waals surface area contributed by atoms with Crippen LogP contribution in [0.4, 0.5) is 4.39 Å². The first-order valence-electron chi connectivity index (χ1n) is 12.0. The lowest BCUT2D eigenvalue weighted by atomic mass is 10.0. The zero-order chi connectivity index (χ0) is 23.8. The van der Waals surface area contributed by atoms with Gasteiger partial charge >= 0.3 is 0 Å². The number of nitrogens with one attached hydrogen (secondary N) is 1. The zero-order valence-electron chi connectivity index (χ0n) is 19.3. The van der Waals surface area contributed by atoms with E-state index in [1.807, 2.05) is 60.7 Å². The van der Waals surface area contributed by atoms with Crippen LogP contribution in [-0.2, 0) is 29.0 Å². The van der Waals surface area contributed by atoms with Gasteiger partial charge in [0.1, 0.15) is 11.9 Å². The Bertz CT molecular complexity index is 1060. The Labute approximate surface area is 200 Å². The molecule has 0 bridgehead atoms. The molecule has 5 heteroatoms. The fourth-order valence-electron chi connectivity index (χ4n) is 4.58. The molecule has 0 unspecified atom stereocenters. The third-order valence-electron chi connectivity index (χ3n) is 6.44. The van der Waals surface area contributed by atoms with Crippen molar-refractivity contribution >= 4 is 11.8 Å². The topological polar surface area (TPSA) is 49.4 Å². The first-order chi connectivity index (χ1) is 16.6. The Morgan fingerprint density at radius 1 is 0.824 bits per heavy atom. The van der Waals surface area contributed by atoms with Crippen LogP contribution in [-0.4, -0.2) is 28.8 Å². The first-order valence-corrected chi connectivity index (χ1v) is 12.0. The van der Waals surface area contributed by atoms with Crippen molar-refractivity contribution < 1.29 is 14.0 Å². The highest BCUT2D eigenvalue weighted by Crippen LogP contribution is 2.20. The lowest BCUT2D eigenvalue weighted by Crippen LogP contribution is -2.52. The van der Waals surface area contributed by atoms with Gasteiger partial charge in [0.05, 0.1) is 6.42 Å². The molecule has 0 saturated heterocycles. The highest BCUT2D eigenvalue weighted by molar-refractivity contribution is 5.89. The van der Waals surface area contributed by atoms with Gasteiger partial charge in [0.2, 0.25) is 11.8 Å². The molecule has 4 nitrogen and oxygen atoms in total. The first kappa shape index (κ1) is 23.7. The Morgan fingerprint density at radius 2 is 1.41 bits per heavy atom. The quantitative estimate of drug-likeness (QED) is 0.487. The highest BCUT2D eigenvalue weighted by atomic mass is 19.1. The van der Waals surface area contributed by atoms with Crippen molar-refractivity contribution in [2.24, 2.45) is 0 Å². The maximum absolute atomic E-state index is 13.6. The van der Waals surface area contributed by atoms with Crippen molar-refractivity contribution in [3.63, 3.8) is 0 Å². The molecule has 1 atom stereocenters. The van der Waals surface area contributed by atoms with Crippen LogP contribution in [0, 0.1) is 5.82 Å². The van der Waals surface area contributed by atoms with Crippen molar-refractivity contribution in [1.29, 1.82) is 0 Å². The maximum Gasteiger partial charge on any atom is 0.243 e. The molecule has 3 aromatic carbocycles. The monoisotopic (exact) mass is 458 g/mol. The number of carbonyl (C=O) groups excluding carboxylic acids is 2. The average molecular weight is 459 g/mol. The summed E-state index contributed by atoms with van der Waals surface area (Å²) in [5, 5.41) is 3.20. The van der Waals surface area contributed by atoms with Gasteiger partial charge in [0.25, 0.3) is 0 Å². The van der Waals surface area contributed by atoms with E-state index < -0.39 is 6.04 Å². The second-order valence-electron chi connectivity index (χ2n) is 9.01. The van der Waals surface area contributed by atoms with Crippen LogP contribution in [0.15, 0.2) is 84.9 Å². The molecule has 1 fully saturated rings. The molecule has 1 aliphatic carbocycles. The van der Waals surface area contributed by atoms with Crippen molar-refractivity contribution in [2.45, 2.75) is 57.2 Å². The number of halogens is 1. The van der Waals surface area contributed by atoms with E-state index in [-0.39, 0.29) is 36.6 Å². The standard InChI is InChI=1S/C29H31FN2O2/c30-25-17-15-24(16-18-25)21-32(28(33)20-23-11-5-2-6-12-23)27(19-22-9-3-1-4-10-22)29(34)31-26-13-7-8-14-26/h1-6,9-12,15-18,26-27H,7-8,13-14,19-21H2,(H,31,34)/t27-/m1/s1. The molecule has 0 heterocycles. The van der Waals surface area contributed by atoms with Crippen LogP contribution >= 0.6 is 0 Å². The van der Waals surface area contributed by atoms with E-state index in [2.05, 4.69) is 5.32 Å². The van der Waals surface area contributed by atoms with Crippen LogP contribution in [0.3, 0.4) is 0 Å². The van der Waals surface area contributed by atoms with Gasteiger partial charge in [-0.3, -0.25) is 9.59 Å². The van der Waals surface area contributed by atoms with E-state index in [9.17, 15) is 14.0 Å². The lowest BCUT2D eigenvalue weighted by Gasteiger charge is -2.32. The number of hydrogen-bond donors (Lipinski definition) is 1. The molecule has 1 N–H and O–H groups in total. The van der Waals surface area contributed by atoms with Crippen LogP contribution in [0.25, 0.3) is 0 Å². The summed E-state index contributed by atoms with van der Waals surface area (Å²) in [7, 11) is 0. The fourth-order valence-corrected chi connectivity index (χ4v) is 4.58. The average Bonchev–Trinajstić information content (AvgIpc) is 3.36. The Morgan fingerprint density at radius 3 is 2.03 bits per heavy atom. The van der Waals surface area contributed by atoms with Crippen molar-refractivity contribution in [3.8, 4) is 0 Å². The summed E-state index contributed by atoms with van der Waals surface area (Å²) < 4.78 is 13.5. The summed E-state index contributed by atoms with van der Waals surface area (Å²) in [6.45, 7) is 0.238. The molecule has 0 aliphatic heterocycles. The fraction of sp³-hybridized carbons (Fsp3) is 0.310. The summed E-state index contributed by atoms with van der Waals surface area (Å²) in [5.41, 5.74) is 2.67. The molecule has 3 aromatic rings. The molecule has 34 heavy (non-hydrogen) atoms. The predicted molar refractivity (Wildman–Crippen MR) is 131 cm³/mol. The van der Waals surface area contributed by atoms with Crippen LogP contribution < -0.4 is 5.32 Å². The Hall–Kier alpha value is -3.47. The van der Waals surface area contributed by atoms with Gasteiger partial charge < -0.3 is 10.2 Å². The van der Waals surface area contributed by atoms with Crippen molar-refractivity contribution in [2.75, 3.05) is 0 Å². The molecule has 0 spiro atoms. The molecule has 2 amide bonds. The van der Waals surface area contributed by atoms with E-state index >= 15 is 0 Å². The summed E-state index contributed by atoms with van der Waals surface area (Å²) in [6, 6.07) is 25.0. The number of amides is 2. The van der Waals surface area contributed by atoms with E-state index in [1.54, 1.807) is 17.0 Å². The van der Waals surface area contributed by atoms with E-state index in [4.69, 9.17) is 0 Å². The molecular formula is C29H31FN2O2. The minimum Gasteiger partial charge on any atom is -0.352 e. The normalized spacial score (nSPS) is 14.5. The maximum atomic E-state index is 13.6. The van der Waals surface area contributed by atoms with E-state index in [0.29, 0.717) is 6.42 Å². The summed E-state index contributed by atoms with van der Waals surface area (Å²) in [4.78, 5) is 28.9. The summed E-state index contributed by atoms with van der Waals surface area (Å²) >= 11 is 0. The van der Waals surface area contributed by atoms with E-state index in [1.165, 1.54) is 12.1 Å².